The van der Waals surface area contributed by atoms with Crippen LogP contribution in [0.1, 0.15) is 45.1 Å². The first-order chi connectivity index (χ1) is 15.2. The Balaban J connectivity index is 2.24. The van der Waals surface area contributed by atoms with E-state index in [9.17, 15) is 9.59 Å². The predicted octanol–water partition coefficient (Wildman–Crippen LogP) is 2.96. The van der Waals surface area contributed by atoms with Gasteiger partial charge in [-0.1, -0.05) is 13.8 Å². The number of esters is 1. The van der Waals surface area contributed by atoms with Crippen molar-refractivity contribution in [3.63, 3.8) is 0 Å². The number of Topliss-reactive ketones (excluding diaryl/α,β-unsaturated/α-hetero) is 1. The van der Waals surface area contributed by atoms with Gasteiger partial charge in [0.05, 0.1) is 44.1 Å². The summed E-state index contributed by atoms with van der Waals surface area (Å²) in [5, 5.41) is 3.26. The monoisotopic (exact) mass is 446 g/mol. The fourth-order valence-electron chi connectivity index (χ4n) is 4.35. The highest BCUT2D eigenvalue weighted by Gasteiger charge is 2.44. The molecule has 0 saturated carbocycles. The summed E-state index contributed by atoms with van der Waals surface area (Å²) in [7, 11) is 1.48. The van der Waals surface area contributed by atoms with Gasteiger partial charge in [-0.3, -0.25) is 4.79 Å². The lowest BCUT2D eigenvalue weighted by atomic mass is 9.68. The van der Waals surface area contributed by atoms with Gasteiger partial charge in [-0.25, -0.2) is 9.18 Å². The van der Waals surface area contributed by atoms with E-state index in [0.29, 0.717) is 42.1 Å². The van der Waals surface area contributed by atoms with Crippen LogP contribution in [0.15, 0.2) is 40.7 Å². The molecule has 1 atom stereocenters. The van der Waals surface area contributed by atoms with Crippen LogP contribution in [0.5, 0.6) is 5.75 Å². The van der Waals surface area contributed by atoms with Crippen molar-refractivity contribution in [2.75, 3.05) is 33.5 Å². The lowest BCUT2D eigenvalue weighted by molar-refractivity contribution is -0.139. The predicted molar refractivity (Wildman–Crippen MR) is 117 cm³/mol. The molecule has 3 rings (SSSR count). The summed E-state index contributed by atoms with van der Waals surface area (Å²) in [5.74, 6) is -1.79. The summed E-state index contributed by atoms with van der Waals surface area (Å²) in [6.45, 7) is 6.50. The second-order valence-corrected chi connectivity index (χ2v) is 8.73. The molecule has 32 heavy (non-hydrogen) atoms. The standard InChI is InChI=1S/C24H31FN2O5/c1-5-32-23(29)22-18(13-31-9-8-26)27-17-11-24(2,3)12-19(28)21(17)20(22)15-10-14(30-4)6-7-16(15)25/h6-7,10,20,27H,5,8-9,11-13,26H2,1-4H3. The first kappa shape index (κ1) is 23.9. The van der Waals surface area contributed by atoms with Crippen LogP contribution in [0.25, 0.3) is 0 Å². The van der Waals surface area contributed by atoms with Crippen molar-refractivity contribution in [2.45, 2.75) is 39.5 Å². The van der Waals surface area contributed by atoms with E-state index in [1.807, 2.05) is 13.8 Å². The molecule has 0 spiro atoms. The topological polar surface area (TPSA) is 99.9 Å². The van der Waals surface area contributed by atoms with Crippen LogP contribution in [-0.4, -0.2) is 45.2 Å². The fraction of sp³-hybridized carbons (Fsp3) is 0.500. The molecule has 2 aliphatic rings. The Morgan fingerprint density at radius 3 is 2.72 bits per heavy atom. The van der Waals surface area contributed by atoms with Gasteiger partial charge in [-0.05, 0) is 37.0 Å². The number of ketones is 1. The number of carbonyl (C=O) groups excluding carboxylic acids is 2. The first-order valence-corrected chi connectivity index (χ1v) is 10.8. The van der Waals surface area contributed by atoms with E-state index in [-0.39, 0.29) is 42.2 Å². The summed E-state index contributed by atoms with van der Waals surface area (Å²) >= 11 is 0. The Morgan fingerprint density at radius 1 is 1.31 bits per heavy atom. The summed E-state index contributed by atoms with van der Waals surface area (Å²) in [5.41, 5.74) is 7.15. The van der Waals surface area contributed by atoms with E-state index in [0.717, 1.165) is 0 Å². The highest BCUT2D eigenvalue weighted by Crippen LogP contribution is 2.47. The summed E-state index contributed by atoms with van der Waals surface area (Å²) < 4.78 is 31.4. The Labute approximate surface area is 187 Å². The van der Waals surface area contributed by atoms with Crippen LogP contribution in [0.3, 0.4) is 0 Å². The number of benzene rings is 1. The largest absolute Gasteiger partial charge is 0.497 e. The molecule has 1 unspecified atom stereocenters. The maximum atomic E-state index is 15.2. The number of ether oxygens (including phenoxy) is 3. The van der Waals surface area contributed by atoms with E-state index < -0.39 is 17.7 Å². The molecule has 7 nitrogen and oxygen atoms in total. The van der Waals surface area contributed by atoms with Gasteiger partial charge < -0.3 is 25.3 Å². The van der Waals surface area contributed by atoms with E-state index in [4.69, 9.17) is 19.9 Å². The van der Waals surface area contributed by atoms with Crippen LogP contribution in [0.2, 0.25) is 0 Å². The minimum Gasteiger partial charge on any atom is -0.497 e. The molecule has 1 aliphatic carbocycles. The normalized spacial score (nSPS) is 20.1. The quantitative estimate of drug-likeness (QED) is 0.468. The Kier molecular flexibility index (Phi) is 7.36. The SMILES string of the molecule is CCOC(=O)C1=C(COCCN)NC2=C(C(=O)CC(C)(C)C2)C1c1cc(OC)ccc1F. The maximum absolute atomic E-state index is 15.2. The van der Waals surface area contributed by atoms with Crippen LogP contribution in [0, 0.1) is 11.2 Å². The molecule has 3 N–H and O–H groups in total. The number of carbonyl (C=O) groups is 2. The van der Waals surface area contributed by atoms with Gasteiger partial charge in [0, 0.05) is 29.8 Å². The number of nitrogens with two attached hydrogens (primary N) is 1. The van der Waals surface area contributed by atoms with Crippen LogP contribution in [-0.2, 0) is 19.1 Å². The molecule has 174 valence electrons. The van der Waals surface area contributed by atoms with Gasteiger partial charge in [-0.15, -0.1) is 0 Å². The molecule has 1 aromatic rings. The van der Waals surface area contributed by atoms with Crippen molar-refractivity contribution in [3.8, 4) is 5.75 Å². The van der Waals surface area contributed by atoms with Crippen molar-refractivity contribution in [2.24, 2.45) is 11.1 Å². The number of allylic oxidation sites excluding steroid dienone is 2. The second-order valence-electron chi connectivity index (χ2n) is 8.73. The minimum absolute atomic E-state index is 0.0544. The van der Waals surface area contributed by atoms with E-state index >= 15 is 4.39 Å². The van der Waals surface area contributed by atoms with E-state index in [2.05, 4.69) is 5.32 Å². The fourth-order valence-corrected chi connectivity index (χ4v) is 4.35. The molecule has 0 saturated heterocycles. The first-order valence-electron chi connectivity index (χ1n) is 10.8. The third kappa shape index (κ3) is 4.86. The summed E-state index contributed by atoms with van der Waals surface area (Å²) in [6.07, 6.45) is 0.872. The van der Waals surface area contributed by atoms with Crippen molar-refractivity contribution in [3.05, 3.63) is 52.1 Å². The second kappa shape index (κ2) is 9.83. The average Bonchev–Trinajstić information content (AvgIpc) is 2.72. The lowest BCUT2D eigenvalue weighted by Gasteiger charge is -2.40. The van der Waals surface area contributed by atoms with Gasteiger partial charge in [0.1, 0.15) is 11.6 Å². The molecule has 0 amide bonds. The maximum Gasteiger partial charge on any atom is 0.336 e. The molecule has 0 aromatic heterocycles. The highest BCUT2D eigenvalue weighted by atomic mass is 19.1. The van der Waals surface area contributed by atoms with Gasteiger partial charge >= 0.3 is 5.97 Å². The Hall–Kier alpha value is -2.71. The van der Waals surface area contributed by atoms with Crippen LogP contribution >= 0.6 is 0 Å². The Morgan fingerprint density at radius 2 is 2.06 bits per heavy atom. The average molecular weight is 447 g/mol. The number of hydrogen-bond acceptors (Lipinski definition) is 7. The number of dihydropyridines is 1. The number of rotatable bonds is 8. The Bertz CT molecular complexity index is 967. The minimum atomic E-state index is -0.930. The smallest absolute Gasteiger partial charge is 0.336 e. The number of hydrogen-bond donors (Lipinski definition) is 2. The zero-order chi connectivity index (χ0) is 23.5. The van der Waals surface area contributed by atoms with Crippen molar-refractivity contribution >= 4 is 11.8 Å². The molecule has 1 aromatic carbocycles. The summed E-state index contributed by atoms with van der Waals surface area (Å²) in [6, 6.07) is 4.31. The van der Waals surface area contributed by atoms with Gasteiger partial charge in [-0.2, -0.15) is 0 Å². The molecule has 1 heterocycles. The third-order valence-electron chi connectivity index (χ3n) is 5.64. The number of nitrogens with one attached hydrogen (secondary N) is 1. The summed E-state index contributed by atoms with van der Waals surface area (Å²) in [4.78, 5) is 26.4. The van der Waals surface area contributed by atoms with Gasteiger partial charge in [0.25, 0.3) is 0 Å². The molecule has 8 heteroatoms. The number of halogens is 1. The van der Waals surface area contributed by atoms with Gasteiger partial charge in [0.2, 0.25) is 0 Å². The molecule has 0 bridgehead atoms. The highest BCUT2D eigenvalue weighted by molar-refractivity contribution is 6.04. The molecular formula is C24H31FN2O5. The van der Waals surface area contributed by atoms with Crippen molar-refractivity contribution < 1.29 is 28.2 Å². The molecule has 0 fully saturated rings. The van der Waals surface area contributed by atoms with Crippen LogP contribution in [0.4, 0.5) is 4.39 Å². The third-order valence-corrected chi connectivity index (χ3v) is 5.64. The molecule has 1 aliphatic heterocycles. The van der Waals surface area contributed by atoms with E-state index in [1.165, 1.54) is 25.3 Å². The van der Waals surface area contributed by atoms with Crippen molar-refractivity contribution in [1.29, 1.82) is 0 Å². The number of methoxy groups -OCH3 is 1. The molecular weight excluding hydrogens is 415 g/mol. The van der Waals surface area contributed by atoms with E-state index in [1.54, 1.807) is 6.92 Å². The lowest BCUT2D eigenvalue weighted by Crippen LogP contribution is -2.40. The van der Waals surface area contributed by atoms with Gasteiger partial charge in [0.15, 0.2) is 5.78 Å². The zero-order valence-corrected chi connectivity index (χ0v) is 19.0. The van der Waals surface area contributed by atoms with Crippen molar-refractivity contribution in [1.82, 2.24) is 5.32 Å². The molecule has 0 radical (unpaired) electrons. The van der Waals surface area contributed by atoms with Crippen LogP contribution < -0.4 is 15.8 Å². The zero-order valence-electron chi connectivity index (χ0n) is 19.0.